The Labute approximate surface area is 124 Å². The van der Waals surface area contributed by atoms with Gasteiger partial charge in [-0.2, -0.15) is 0 Å². The van der Waals surface area contributed by atoms with Gasteiger partial charge in [0.25, 0.3) is 0 Å². The molecule has 7 nitrogen and oxygen atoms in total. The van der Waals surface area contributed by atoms with Crippen LogP contribution in [0.4, 0.5) is 5.69 Å². The van der Waals surface area contributed by atoms with Crippen molar-refractivity contribution in [2.75, 3.05) is 52.5 Å². The standard InChI is InChI=1S/C14H22N2O5/c1-18-4-5-19-6-7-20-8-9-21-13-10-11(14(16)17)2-3-12(13)15/h2-3,10H,4-9,15H2,1H3,(H2,16,17). The number of carbonyl (C=O) groups excluding carboxylic acids is 1. The zero-order valence-electron chi connectivity index (χ0n) is 12.2. The van der Waals surface area contributed by atoms with Crippen LogP contribution in [0.5, 0.6) is 5.75 Å². The number of anilines is 1. The van der Waals surface area contributed by atoms with Crippen molar-refractivity contribution in [2.24, 2.45) is 5.73 Å². The Bertz CT molecular complexity index is 439. The molecule has 0 aliphatic carbocycles. The number of hydrogen-bond donors (Lipinski definition) is 2. The Morgan fingerprint density at radius 3 is 2.29 bits per heavy atom. The molecule has 1 rings (SSSR count). The predicted octanol–water partition coefficient (Wildman–Crippen LogP) is 0.426. The van der Waals surface area contributed by atoms with E-state index in [9.17, 15) is 4.79 Å². The number of carbonyl (C=O) groups is 1. The van der Waals surface area contributed by atoms with E-state index < -0.39 is 5.91 Å². The molecular weight excluding hydrogens is 276 g/mol. The summed E-state index contributed by atoms with van der Waals surface area (Å²) in [6.07, 6.45) is 0. The lowest BCUT2D eigenvalue weighted by Gasteiger charge is -2.10. The number of ether oxygens (including phenoxy) is 4. The summed E-state index contributed by atoms with van der Waals surface area (Å²) < 4.78 is 20.9. The van der Waals surface area contributed by atoms with Gasteiger partial charge in [0.15, 0.2) is 0 Å². The molecule has 0 unspecified atom stereocenters. The molecule has 0 aliphatic heterocycles. The highest BCUT2D eigenvalue weighted by Gasteiger charge is 2.06. The van der Waals surface area contributed by atoms with Gasteiger partial charge in [0, 0.05) is 12.7 Å². The van der Waals surface area contributed by atoms with Crippen LogP contribution < -0.4 is 16.2 Å². The monoisotopic (exact) mass is 298 g/mol. The van der Waals surface area contributed by atoms with Crippen LogP contribution in [0.25, 0.3) is 0 Å². The fourth-order valence-corrected chi connectivity index (χ4v) is 1.49. The molecule has 0 aromatic heterocycles. The van der Waals surface area contributed by atoms with Gasteiger partial charge in [0.1, 0.15) is 12.4 Å². The van der Waals surface area contributed by atoms with E-state index in [-0.39, 0.29) is 0 Å². The molecule has 21 heavy (non-hydrogen) atoms. The molecule has 1 aromatic carbocycles. The predicted molar refractivity (Wildman–Crippen MR) is 78.4 cm³/mol. The molecule has 0 bridgehead atoms. The van der Waals surface area contributed by atoms with E-state index in [2.05, 4.69) is 0 Å². The minimum Gasteiger partial charge on any atom is -0.489 e. The first-order chi connectivity index (χ1) is 10.1. The molecule has 0 saturated carbocycles. The zero-order valence-corrected chi connectivity index (χ0v) is 12.2. The summed E-state index contributed by atoms with van der Waals surface area (Å²) in [5, 5.41) is 0. The number of hydrogen-bond acceptors (Lipinski definition) is 6. The largest absolute Gasteiger partial charge is 0.489 e. The minimum absolute atomic E-state index is 0.324. The Morgan fingerprint density at radius 1 is 1.05 bits per heavy atom. The maximum atomic E-state index is 11.1. The summed E-state index contributed by atoms with van der Waals surface area (Å²) >= 11 is 0. The third-order valence-corrected chi connectivity index (χ3v) is 2.59. The molecule has 0 fully saturated rings. The molecule has 0 saturated heterocycles. The van der Waals surface area contributed by atoms with Gasteiger partial charge in [0.05, 0.1) is 38.7 Å². The quantitative estimate of drug-likeness (QED) is 0.453. The Kier molecular flexibility index (Phi) is 8.18. The summed E-state index contributed by atoms with van der Waals surface area (Å²) in [6.45, 7) is 2.82. The highest BCUT2D eigenvalue weighted by molar-refractivity contribution is 5.93. The van der Waals surface area contributed by atoms with Gasteiger partial charge in [-0.05, 0) is 18.2 Å². The van der Waals surface area contributed by atoms with Gasteiger partial charge in [-0.1, -0.05) is 0 Å². The van der Waals surface area contributed by atoms with Crippen molar-refractivity contribution >= 4 is 11.6 Å². The highest BCUT2D eigenvalue weighted by atomic mass is 16.6. The molecule has 1 aromatic rings. The normalized spacial score (nSPS) is 10.5. The van der Waals surface area contributed by atoms with Crippen LogP contribution in [-0.2, 0) is 14.2 Å². The van der Waals surface area contributed by atoms with Crippen molar-refractivity contribution in [2.45, 2.75) is 0 Å². The second kappa shape index (κ2) is 9.98. The first-order valence-corrected chi connectivity index (χ1v) is 6.61. The summed E-state index contributed by atoms with van der Waals surface area (Å²) in [6, 6.07) is 4.66. The maximum Gasteiger partial charge on any atom is 0.248 e. The third-order valence-electron chi connectivity index (χ3n) is 2.59. The lowest BCUT2D eigenvalue weighted by molar-refractivity contribution is 0.0180. The number of nitrogen functional groups attached to an aromatic ring is 1. The van der Waals surface area contributed by atoms with Crippen LogP contribution in [-0.4, -0.2) is 52.7 Å². The van der Waals surface area contributed by atoms with Crippen LogP contribution in [0.3, 0.4) is 0 Å². The number of methoxy groups -OCH3 is 1. The molecule has 1 amide bonds. The number of nitrogens with two attached hydrogens (primary N) is 2. The van der Waals surface area contributed by atoms with Gasteiger partial charge >= 0.3 is 0 Å². The van der Waals surface area contributed by atoms with Crippen LogP contribution in [0.1, 0.15) is 10.4 Å². The molecule has 0 aliphatic rings. The number of amides is 1. The maximum absolute atomic E-state index is 11.1. The summed E-state index contributed by atoms with van der Waals surface area (Å²) in [5.74, 6) is -0.101. The van der Waals surface area contributed by atoms with Crippen LogP contribution in [0.15, 0.2) is 18.2 Å². The zero-order chi connectivity index (χ0) is 15.5. The third kappa shape index (κ3) is 6.94. The van der Waals surface area contributed by atoms with E-state index >= 15 is 0 Å². The first-order valence-electron chi connectivity index (χ1n) is 6.61. The SMILES string of the molecule is COCCOCCOCCOc1cc(C(N)=O)ccc1N. The van der Waals surface area contributed by atoms with E-state index in [1.165, 1.54) is 6.07 Å². The first kappa shape index (κ1) is 17.2. The fourth-order valence-electron chi connectivity index (χ4n) is 1.49. The fraction of sp³-hybridized carbons (Fsp3) is 0.500. The second-order valence-corrected chi connectivity index (χ2v) is 4.18. The summed E-state index contributed by atoms with van der Waals surface area (Å²) in [7, 11) is 1.62. The van der Waals surface area contributed by atoms with Crippen molar-refractivity contribution in [3.05, 3.63) is 23.8 Å². The Hall–Kier alpha value is -1.83. The van der Waals surface area contributed by atoms with E-state index in [1.54, 1.807) is 19.2 Å². The molecule has 0 atom stereocenters. The van der Waals surface area contributed by atoms with Crippen molar-refractivity contribution in [1.82, 2.24) is 0 Å². The van der Waals surface area contributed by atoms with Crippen molar-refractivity contribution in [3.63, 3.8) is 0 Å². The van der Waals surface area contributed by atoms with E-state index in [1.807, 2.05) is 0 Å². The lowest BCUT2D eigenvalue weighted by Crippen LogP contribution is -2.14. The topological polar surface area (TPSA) is 106 Å². The van der Waals surface area contributed by atoms with Gasteiger partial charge < -0.3 is 30.4 Å². The van der Waals surface area contributed by atoms with Crippen LogP contribution in [0, 0.1) is 0 Å². The van der Waals surface area contributed by atoms with E-state index in [4.69, 9.17) is 30.4 Å². The molecule has 0 spiro atoms. The van der Waals surface area contributed by atoms with E-state index in [0.29, 0.717) is 56.6 Å². The summed E-state index contributed by atoms with van der Waals surface area (Å²) in [4.78, 5) is 11.1. The molecule has 0 heterocycles. The van der Waals surface area contributed by atoms with Crippen molar-refractivity contribution in [1.29, 1.82) is 0 Å². The average Bonchev–Trinajstić information content (AvgIpc) is 2.47. The molecule has 4 N–H and O–H groups in total. The molecular formula is C14H22N2O5. The van der Waals surface area contributed by atoms with Crippen LogP contribution in [0.2, 0.25) is 0 Å². The molecule has 118 valence electrons. The lowest BCUT2D eigenvalue weighted by atomic mass is 10.2. The number of benzene rings is 1. The summed E-state index contributed by atoms with van der Waals surface area (Å²) in [5.41, 5.74) is 11.7. The molecule has 0 radical (unpaired) electrons. The van der Waals surface area contributed by atoms with Crippen LogP contribution >= 0.6 is 0 Å². The average molecular weight is 298 g/mol. The molecule has 7 heteroatoms. The Morgan fingerprint density at radius 2 is 1.67 bits per heavy atom. The number of primary amides is 1. The van der Waals surface area contributed by atoms with Gasteiger partial charge in [-0.15, -0.1) is 0 Å². The Balaban J connectivity index is 2.18. The minimum atomic E-state index is -0.524. The smallest absolute Gasteiger partial charge is 0.248 e. The number of rotatable bonds is 11. The van der Waals surface area contributed by atoms with Gasteiger partial charge in [0.2, 0.25) is 5.91 Å². The van der Waals surface area contributed by atoms with Crippen molar-refractivity contribution in [3.8, 4) is 5.75 Å². The second-order valence-electron chi connectivity index (χ2n) is 4.18. The highest BCUT2D eigenvalue weighted by Crippen LogP contribution is 2.22. The van der Waals surface area contributed by atoms with Gasteiger partial charge in [-0.25, -0.2) is 0 Å². The van der Waals surface area contributed by atoms with E-state index in [0.717, 1.165) is 0 Å². The van der Waals surface area contributed by atoms with Gasteiger partial charge in [-0.3, -0.25) is 4.79 Å². The van der Waals surface area contributed by atoms with Crippen molar-refractivity contribution < 1.29 is 23.7 Å².